The summed E-state index contributed by atoms with van der Waals surface area (Å²) in [5.74, 6) is -0.741. The number of aryl methyl sites for hydroxylation is 1. The zero-order valence-corrected chi connectivity index (χ0v) is 14.5. The lowest BCUT2D eigenvalue weighted by Crippen LogP contribution is -2.23. The molecule has 0 spiro atoms. The fourth-order valence-electron chi connectivity index (χ4n) is 2.31. The second-order valence-electron chi connectivity index (χ2n) is 5.65. The molecule has 2 aromatic carbocycles. The molecule has 0 unspecified atom stereocenters. The van der Waals surface area contributed by atoms with Crippen LogP contribution in [-0.2, 0) is 6.54 Å². The number of benzene rings is 2. The van der Waals surface area contributed by atoms with E-state index < -0.39 is 5.91 Å². The van der Waals surface area contributed by atoms with Crippen molar-refractivity contribution in [1.82, 2.24) is 10.3 Å². The van der Waals surface area contributed by atoms with Gasteiger partial charge in [-0.3, -0.25) is 9.59 Å². The van der Waals surface area contributed by atoms with Crippen LogP contribution in [0.5, 0.6) is 0 Å². The lowest BCUT2D eigenvalue weighted by Gasteiger charge is -2.05. The first kappa shape index (κ1) is 16.9. The number of nitrogens with zero attached hydrogens (tertiary/aromatic N) is 1. The largest absolute Gasteiger partial charge is 0.366 e. The lowest BCUT2D eigenvalue weighted by molar-refractivity contribution is 0.0946. The topological polar surface area (TPSA) is 85.1 Å². The Balaban J connectivity index is 1.67. The molecule has 0 bridgehead atoms. The number of primary amides is 1. The molecule has 0 fully saturated rings. The molecule has 126 valence electrons. The van der Waals surface area contributed by atoms with Crippen molar-refractivity contribution in [3.8, 4) is 10.6 Å². The first-order valence-corrected chi connectivity index (χ1v) is 8.60. The van der Waals surface area contributed by atoms with Crippen molar-refractivity contribution >= 4 is 23.2 Å². The van der Waals surface area contributed by atoms with Crippen LogP contribution >= 0.6 is 11.3 Å². The van der Waals surface area contributed by atoms with Crippen LogP contribution in [0, 0.1) is 6.92 Å². The first-order chi connectivity index (χ1) is 12.0. The molecule has 1 aromatic heterocycles. The standard InChI is InChI=1S/C19H17N3O2S/c1-12-5-7-14(8-6-12)19-22-16(11-25-19)18(24)21-10-13-3-2-4-15(9-13)17(20)23/h2-9,11H,10H2,1H3,(H2,20,23)(H,21,24). The Labute approximate surface area is 149 Å². The summed E-state index contributed by atoms with van der Waals surface area (Å²) in [6.07, 6.45) is 0. The second-order valence-corrected chi connectivity index (χ2v) is 6.51. The van der Waals surface area contributed by atoms with Crippen molar-refractivity contribution in [1.29, 1.82) is 0 Å². The number of rotatable bonds is 5. The summed E-state index contributed by atoms with van der Waals surface area (Å²) in [7, 11) is 0. The average molecular weight is 351 g/mol. The number of carbonyl (C=O) groups excluding carboxylic acids is 2. The lowest BCUT2D eigenvalue weighted by atomic mass is 10.1. The monoisotopic (exact) mass is 351 g/mol. The number of hydrogen-bond acceptors (Lipinski definition) is 4. The average Bonchev–Trinajstić information content (AvgIpc) is 3.10. The third-order valence-electron chi connectivity index (χ3n) is 3.70. The van der Waals surface area contributed by atoms with Gasteiger partial charge in [0.2, 0.25) is 5.91 Å². The van der Waals surface area contributed by atoms with Gasteiger partial charge in [-0.15, -0.1) is 11.3 Å². The molecule has 0 aliphatic rings. The molecule has 0 aliphatic carbocycles. The Hall–Kier alpha value is -2.99. The SMILES string of the molecule is Cc1ccc(-c2nc(C(=O)NCc3cccc(C(N)=O)c3)cs2)cc1. The van der Waals surface area contributed by atoms with Gasteiger partial charge < -0.3 is 11.1 Å². The van der Waals surface area contributed by atoms with Crippen molar-refractivity contribution in [2.45, 2.75) is 13.5 Å². The van der Waals surface area contributed by atoms with E-state index in [0.29, 0.717) is 17.8 Å². The van der Waals surface area contributed by atoms with Gasteiger partial charge in [-0.25, -0.2) is 4.98 Å². The highest BCUT2D eigenvalue weighted by Gasteiger charge is 2.12. The maximum atomic E-state index is 12.3. The predicted octanol–water partition coefficient (Wildman–Crippen LogP) is 3.15. The van der Waals surface area contributed by atoms with E-state index in [0.717, 1.165) is 16.1 Å². The number of aromatic nitrogens is 1. The van der Waals surface area contributed by atoms with E-state index in [2.05, 4.69) is 10.3 Å². The molecule has 5 nitrogen and oxygen atoms in total. The van der Waals surface area contributed by atoms with Crippen LogP contribution < -0.4 is 11.1 Å². The van der Waals surface area contributed by atoms with Gasteiger partial charge in [-0.05, 0) is 24.6 Å². The highest BCUT2D eigenvalue weighted by atomic mass is 32.1. The fraction of sp³-hybridized carbons (Fsp3) is 0.105. The van der Waals surface area contributed by atoms with E-state index >= 15 is 0 Å². The molecule has 25 heavy (non-hydrogen) atoms. The minimum absolute atomic E-state index is 0.251. The van der Waals surface area contributed by atoms with Crippen molar-refractivity contribution in [2.24, 2.45) is 5.73 Å². The van der Waals surface area contributed by atoms with Gasteiger partial charge in [-0.2, -0.15) is 0 Å². The minimum atomic E-state index is -0.490. The summed E-state index contributed by atoms with van der Waals surface area (Å²) in [6.45, 7) is 2.33. The third-order valence-corrected chi connectivity index (χ3v) is 4.59. The molecule has 1 heterocycles. The summed E-state index contributed by atoms with van der Waals surface area (Å²) >= 11 is 1.43. The molecule has 0 radical (unpaired) electrons. The Morgan fingerprint density at radius 1 is 1.16 bits per heavy atom. The zero-order chi connectivity index (χ0) is 17.8. The van der Waals surface area contributed by atoms with Crippen molar-refractivity contribution in [2.75, 3.05) is 0 Å². The summed E-state index contributed by atoms with van der Waals surface area (Å²) in [5.41, 5.74) is 9.03. The van der Waals surface area contributed by atoms with Crippen LogP contribution in [0.4, 0.5) is 0 Å². The van der Waals surface area contributed by atoms with Crippen LogP contribution in [0.3, 0.4) is 0 Å². The van der Waals surface area contributed by atoms with Gasteiger partial charge >= 0.3 is 0 Å². The highest BCUT2D eigenvalue weighted by Crippen LogP contribution is 2.24. The summed E-state index contributed by atoms with van der Waals surface area (Å²) in [6, 6.07) is 14.9. The number of nitrogens with two attached hydrogens (primary N) is 1. The third kappa shape index (κ3) is 4.10. The quantitative estimate of drug-likeness (QED) is 0.740. The van der Waals surface area contributed by atoms with E-state index in [1.54, 1.807) is 23.6 Å². The number of thiazole rings is 1. The van der Waals surface area contributed by atoms with E-state index in [-0.39, 0.29) is 5.91 Å². The van der Waals surface area contributed by atoms with Gasteiger partial charge in [-0.1, -0.05) is 42.0 Å². The predicted molar refractivity (Wildman–Crippen MR) is 98.4 cm³/mol. The number of nitrogens with one attached hydrogen (secondary N) is 1. The zero-order valence-electron chi connectivity index (χ0n) is 13.7. The van der Waals surface area contributed by atoms with Gasteiger partial charge in [0.25, 0.3) is 5.91 Å². The van der Waals surface area contributed by atoms with Crippen LogP contribution in [0.25, 0.3) is 10.6 Å². The first-order valence-electron chi connectivity index (χ1n) is 7.72. The number of amides is 2. The van der Waals surface area contributed by atoms with Crippen LogP contribution in [-0.4, -0.2) is 16.8 Å². The van der Waals surface area contributed by atoms with Crippen LogP contribution in [0.2, 0.25) is 0 Å². The highest BCUT2D eigenvalue weighted by molar-refractivity contribution is 7.13. The number of carbonyl (C=O) groups is 2. The Kier molecular flexibility index (Phi) is 4.90. The summed E-state index contributed by atoms with van der Waals surface area (Å²) < 4.78 is 0. The van der Waals surface area contributed by atoms with E-state index in [9.17, 15) is 9.59 Å². The molecule has 3 rings (SSSR count). The van der Waals surface area contributed by atoms with E-state index in [4.69, 9.17) is 5.73 Å². The van der Waals surface area contributed by atoms with E-state index in [1.807, 2.05) is 37.3 Å². The molecule has 0 saturated carbocycles. The molecule has 0 saturated heterocycles. The summed E-state index contributed by atoms with van der Waals surface area (Å²) in [4.78, 5) is 27.9. The smallest absolute Gasteiger partial charge is 0.271 e. The van der Waals surface area contributed by atoms with Gasteiger partial charge in [0, 0.05) is 23.1 Å². The minimum Gasteiger partial charge on any atom is -0.366 e. The molecular formula is C19H17N3O2S. The Morgan fingerprint density at radius 2 is 1.92 bits per heavy atom. The molecule has 0 atom stereocenters. The Bertz CT molecular complexity index is 916. The molecule has 2 amide bonds. The normalized spacial score (nSPS) is 10.4. The maximum absolute atomic E-state index is 12.3. The fourth-order valence-corrected chi connectivity index (χ4v) is 3.12. The van der Waals surface area contributed by atoms with Crippen LogP contribution in [0.1, 0.15) is 32.0 Å². The summed E-state index contributed by atoms with van der Waals surface area (Å²) in [5, 5.41) is 5.36. The van der Waals surface area contributed by atoms with Crippen molar-refractivity contribution in [3.63, 3.8) is 0 Å². The van der Waals surface area contributed by atoms with Crippen LogP contribution in [0.15, 0.2) is 53.9 Å². The molecular weight excluding hydrogens is 334 g/mol. The Morgan fingerprint density at radius 3 is 2.64 bits per heavy atom. The van der Waals surface area contributed by atoms with Crippen molar-refractivity contribution in [3.05, 3.63) is 76.3 Å². The van der Waals surface area contributed by atoms with Gasteiger partial charge in [0.15, 0.2) is 0 Å². The van der Waals surface area contributed by atoms with E-state index in [1.165, 1.54) is 16.9 Å². The molecule has 3 aromatic rings. The van der Waals surface area contributed by atoms with Gasteiger partial charge in [0.1, 0.15) is 10.7 Å². The van der Waals surface area contributed by atoms with Gasteiger partial charge in [0.05, 0.1) is 0 Å². The molecule has 0 aliphatic heterocycles. The number of hydrogen-bond donors (Lipinski definition) is 2. The maximum Gasteiger partial charge on any atom is 0.271 e. The second kappa shape index (κ2) is 7.27. The molecule has 6 heteroatoms. The van der Waals surface area contributed by atoms with Crippen molar-refractivity contribution < 1.29 is 9.59 Å². The molecule has 3 N–H and O–H groups in total.